The van der Waals surface area contributed by atoms with Crippen LogP contribution >= 0.6 is 23.2 Å². The lowest BCUT2D eigenvalue weighted by Gasteiger charge is -2.46. The summed E-state index contributed by atoms with van der Waals surface area (Å²) in [5.74, 6) is -1.11. The summed E-state index contributed by atoms with van der Waals surface area (Å²) in [4.78, 5) is 38.3. The zero-order valence-electron chi connectivity index (χ0n) is 13.5. The van der Waals surface area contributed by atoms with E-state index in [0.29, 0.717) is 22.2 Å². The Morgan fingerprint density at radius 1 is 1.12 bits per heavy atom. The van der Waals surface area contributed by atoms with Gasteiger partial charge in [-0.1, -0.05) is 42.6 Å². The molecule has 0 aliphatic carbocycles. The number of unbranched alkanes of at least 4 members (excludes halogenated alkanes) is 1. The third-order valence-electron chi connectivity index (χ3n) is 4.45. The van der Waals surface area contributed by atoms with Gasteiger partial charge in [-0.15, -0.1) is 0 Å². The summed E-state index contributed by atoms with van der Waals surface area (Å²) in [6.45, 7) is 2.45. The second kappa shape index (κ2) is 7.09. The van der Waals surface area contributed by atoms with Crippen LogP contribution in [-0.4, -0.2) is 35.6 Å². The van der Waals surface area contributed by atoms with Crippen LogP contribution in [-0.2, 0) is 4.79 Å². The molecule has 2 fully saturated rings. The van der Waals surface area contributed by atoms with E-state index in [1.807, 2.05) is 6.92 Å². The van der Waals surface area contributed by atoms with E-state index in [1.165, 1.54) is 4.90 Å². The molecule has 2 aliphatic heterocycles. The first-order chi connectivity index (χ1) is 11.9. The Kier molecular flexibility index (Phi) is 5.06. The number of carbonyl (C=O) groups excluding carboxylic acids is 3. The van der Waals surface area contributed by atoms with Crippen molar-refractivity contribution in [3.05, 3.63) is 33.8 Å². The van der Waals surface area contributed by atoms with Crippen LogP contribution in [0.2, 0.25) is 10.0 Å². The smallest absolute Gasteiger partial charge is 0.325 e. The molecule has 134 valence electrons. The summed E-state index contributed by atoms with van der Waals surface area (Å²) in [5.41, 5.74) is 0.652. The van der Waals surface area contributed by atoms with E-state index in [0.717, 1.165) is 12.8 Å². The van der Waals surface area contributed by atoms with Crippen molar-refractivity contribution in [2.24, 2.45) is 5.92 Å². The number of nitrogens with one attached hydrogen (secondary N) is 3. The van der Waals surface area contributed by atoms with E-state index in [4.69, 9.17) is 23.2 Å². The lowest BCUT2D eigenvalue weighted by atomic mass is 9.86. The molecule has 2 saturated heterocycles. The van der Waals surface area contributed by atoms with Crippen molar-refractivity contribution in [1.29, 1.82) is 0 Å². The van der Waals surface area contributed by atoms with E-state index >= 15 is 0 Å². The quantitative estimate of drug-likeness (QED) is 0.744. The molecule has 0 aromatic heterocycles. The molecule has 5 amide bonds. The lowest BCUT2D eigenvalue weighted by molar-refractivity contribution is -0.130. The number of hydrogen-bond donors (Lipinski definition) is 3. The predicted octanol–water partition coefficient (Wildman–Crippen LogP) is 2.64. The van der Waals surface area contributed by atoms with Gasteiger partial charge in [-0.2, -0.15) is 0 Å². The number of fused-ring (bicyclic) bond motifs is 1. The molecular formula is C16H18Cl2N4O3. The molecular weight excluding hydrogens is 367 g/mol. The molecule has 3 rings (SSSR count). The molecule has 2 heterocycles. The minimum Gasteiger partial charge on any atom is -0.330 e. The number of halogens is 2. The molecule has 0 radical (unpaired) electrons. The predicted molar refractivity (Wildman–Crippen MR) is 93.3 cm³/mol. The van der Waals surface area contributed by atoms with Gasteiger partial charge in [0.15, 0.2) is 0 Å². The lowest BCUT2D eigenvalue weighted by Crippen LogP contribution is -2.72. The highest BCUT2D eigenvalue weighted by Crippen LogP contribution is 2.34. The summed E-state index contributed by atoms with van der Waals surface area (Å²) in [6.07, 6.45) is 0.948. The molecule has 0 spiro atoms. The first kappa shape index (κ1) is 17.8. The Labute approximate surface area is 155 Å². The van der Waals surface area contributed by atoms with Crippen molar-refractivity contribution in [2.75, 3.05) is 6.54 Å². The molecule has 9 heteroatoms. The molecule has 3 N–H and O–H groups in total. The van der Waals surface area contributed by atoms with Gasteiger partial charge in [-0.25, -0.2) is 9.59 Å². The number of hydrogen-bond acceptors (Lipinski definition) is 3. The summed E-state index contributed by atoms with van der Waals surface area (Å²) in [7, 11) is 0. The van der Waals surface area contributed by atoms with Gasteiger partial charge in [0.1, 0.15) is 12.1 Å². The highest BCUT2D eigenvalue weighted by molar-refractivity contribution is 6.42. The average molecular weight is 385 g/mol. The normalized spacial score (nSPS) is 25.8. The number of urea groups is 2. The maximum atomic E-state index is 12.5. The Morgan fingerprint density at radius 2 is 1.88 bits per heavy atom. The maximum Gasteiger partial charge on any atom is 0.325 e. The Hall–Kier alpha value is -1.99. The molecule has 1 aromatic rings. The molecule has 0 saturated carbocycles. The highest BCUT2D eigenvalue weighted by atomic mass is 35.5. The van der Waals surface area contributed by atoms with Gasteiger partial charge >= 0.3 is 12.1 Å². The summed E-state index contributed by atoms with van der Waals surface area (Å²) in [5, 5.41) is 8.54. The summed E-state index contributed by atoms with van der Waals surface area (Å²) < 4.78 is 0. The van der Waals surface area contributed by atoms with Gasteiger partial charge in [-0.3, -0.25) is 10.1 Å². The standard InChI is InChI=1S/C16H18Cl2N4O3/c1-2-3-6-22-13-11(14(23)21-16(22)25)12(19-15(24)20-13)8-4-5-9(17)10(18)7-8/h4-5,7,11-13H,2-3,6H2,1H3,(H2,19,20,24)(H,21,23,25). The molecule has 0 bridgehead atoms. The molecule has 3 atom stereocenters. The molecule has 3 unspecified atom stereocenters. The fourth-order valence-electron chi connectivity index (χ4n) is 3.20. The van der Waals surface area contributed by atoms with Crippen LogP contribution in [0.15, 0.2) is 18.2 Å². The average Bonchev–Trinajstić information content (AvgIpc) is 2.56. The molecule has 1 aromatic carbocycles. The monoisotopic (exact) mass is 384 g/mol. The van der Waals surface area contributed by atoms with Crippen LogP contribution in [0.1, 0.15) is 31.4 Å². The zero-order valence-corrected chi connectivity index (χ0v) is 15.0. The second-order valence-electron chi connectivity index (χ2n) is 6.08. The minimum absolute atomic E-state index is 0.332. The van der Waals surface area contributed by atoms with E-state index in [9.17, 15) is 14.4 Å². The van der Waals surface area contributed by atoms with Gasteiger partial charge in [-0.05, 0) is 24.1 Å². The fourth-order valence-corrected chi connectivity index (χ4v) is 3.50. The minimum atomic E-state index is -0.707. The number of imide groups is 1. The van der Waals surface area contributed by atoms with E-state index in [-0.39, 0.29) is 0 Å². The van der Waals surface area contributed by atoms with Gasteiger partial charge in [0, 0.05) is 6.54 Å². The van der Waals surface area contributed by atoms with Crippen molar-refractivity contribution in [3.63, 3.8) is 0 Å². The topological polar surface area (TPSA) is 90.5 Å². The Balaban J connectivity index is 1.97. The number of benzene rings is 1. The van der Waals surface area contributed by atoms with Crippen LogP contribution in [0.3, 0.4) is 0 Å². The van der Waals surface area contributed by atoms with Crippen LogP contribution in [0, 0.1) is 5.92 Å². The van der Waals surface area contributed by atoms with Gasteiger partial charge in [0.25, 0.3) is 0 Å². The Morgan fingerprint density at radius 3 is 2.56 bits per heavy atom. The second-order valence-corrected chi connectivity index (χ2v) is 6.90. The van der Waals surface area contributed by atoms with Crippen molar-refractivity contribution in [1.82, 2.24) is 20.9 Å². The SMILES string of the molecule is CCCCN1C(=O)NC(=O)C2C(c3ccc(Cl)c(Cl)c3)NC(=O)NC21. The first-order valence-electron chi connectivity index (χ1n) is 8.05. The Bertz CT molecular complexity index is 727. The molecule has 25 heavy (non-hydrogen) atoms. The van der Waals surface area contributed by atoms with E-state index in [1.54, 1.807) is 18.2 Å². The number of rotatable bonds is 4. The van der Waals surface area contributed by atoms with Crippen LogP contribution in [0.5, 0.6) is 0 Å². The number of carbonyl (C=O) groups is 3. The van der Waals surface area contributed by atoms with Crippen LogP contribution < -0.4 is 16.0 Å². The maximum absolute atomic E-state index is 12.5. The van der Waals surface area contributed by atoms with E-state index in [2.05, 4.69) is 16.0 Å². The van der Waals surface area contributed by atoms with Crippen molar-refractivity contribution < 1.29 is 14.4 Å². The van der Waals surface area contributed by atoms with Crippen LogP contribution in [0.25, 0.3) is 0 Å². The number of nitrogens with zero attached hydrogens (tertiary/aromatic N) is 1. The third kappa shape index (κ3) is 3.39. The summed E-state index contributed by atoms with van der Waals surface area (Å²) in [6, 6.07) is 3.39. The van der Waals surface area contributed by atoms with Gasteiger partial charge in [0.05, 0.1) is 16.1 Å². The van der Waals surface area contributed by atoms with Crippen molar-refractivity contribution in [2.45, 2.75) is 32.0 Å². The molecule has 7 nitrogen and oxygen atoms in total. The largest absolute Gasteiger partial charge is 0.330 e. The highest BCUT2D eigenvalue weighted by Gasteiger charge is 2.49. The van der Waals surface area contributed by atoms with Crippen LogP contribution in [0.4, 0.5) is 9.59 Å². The van der Waals surface area contributed by atoms with Crippen molar-refractivity contribution in [3.8, 4) is 0 Å². The van der Waals surface area contributed by atoms with Crippen molar-refractivity contribution >= 4 is 41.2 Å². The van der Waals surface area contributed by atoms with Gasteiger partial charge < -0.3 is 15.5 Å². The van der Waals surface area contributed by atoms with Gasteiger partial charge in [0.2, 0.25) is 5.91 Å². The molecule has 2 aliphatic rings. The van der Waals surface area contributed by atoms with E-state index < -0.39 is 36.1 Å². The third-order valence-corrected chi connectivity index (χ3v) is 5.19. The number of amides is 5. The first-order valence-corrected chi connectivity index (χ1v) is 8.81. The zero-order chi connectivity index (χ0) is 18.1. The fraction of sp³-hybridized carbons (Fsp3) is 0.438. The summed E-state index contributed by atoms with van der Waals surface area (Å²) >= 11 is 12.0.